The largest absolute Gasteiger partial charge is 0.388 e. The highest BCUT2D eigenvalue weighted by Crippen LogP contribution is 2.34. The van der Waals surface area contributed by atoms with E-state index in [2.05, 4.69) is 10.6 Å². The number of carbonyl (C=O) groups is 1. The summed E-state index contributed by atoms with van der Waals surface area (Å²) in [6.45, 7) is 2.01. The lowest BCUT2D eigenvalue weighted by Crippen LogP contribution is -2.23. The van der Waals surface area contributed by atoms with E-state index in [4.69, 9.17) is 23.2 Å². The molecule has 4 nitrogen and oxygen atoms in total. The number of anilines is 1. The molecular formula is C18H20Cl2N2O2. The molecule has 0 aliphatic rings. The van der Waals surface area contributed by atoms with E-state index in [1.807, 2.05) is 19.2 Å². The fraction of sp³-hybridized carbons (Fsp3) is 0.278. The molecule has 0 unspecified atom stereocenters. The number of hydrogen-bond acceptors (Lipinski definition) is 3. The van der Waals surface area contributed by atoms with E-state index in [0.29, 0.717) is 27.8 Å². The molecule has 2 atom stereocenters. The summed E-state index contributed by atoms with van der Waals surface area (Å²) >= 11 is 12.1. The molecule has 0 fully saturated rings. The molecule has 128 valence electrons. The minimum absolute atomic E-state index is 0.155. The second kappa shape index (κ2) is 8.49. The fourth-order valence-corrected chi connectivity index (χ4v) is 2.92. The van der Waals surface area contributed by atoms with Gasteiger partial charge in [0.05, 0.1) is 16.1 Å². The van der Waals surface area contributed by atoms with Gasteiger partial charge >= 0.3 is 0 Å². The van der Waals surface area contributed by atoms with Crippen molar-refractivity contribution in [3.05, 3.63) is 63.6 Å². The van der Waals surface area contributed by atoms with Crippen molar-refractivity contribution in [3.8, 4) is 0 Å². The van der Waals surface area contributed by atoms with Gasteiger partial charge in [-0.05, 0) is 42.4 Å². The van der Waals surface area contributed by atoms with Crippen LogP contribution in [0.2, 0.25) is 10.0 Å². The summed E-state index contributed by atoms with van der Waals surface area (Å²) in [5.74, 6) is -0.366. The van der Waals surface area contributed by atoms with Crippen LogP contribution in [-0.4, -0.2) is 24.6 Å². The fourth-order valence-electron chi connectivity index (χ4n) is 2.61. The summed E-state index contributed by atoms with van der Waals surface area (Å²) in [5.41, 5.74) is 2.25. The minimum Gasteiger partial charge on any atom is -0.388 e. The molecule has 0 spiro atoms. The van der Waals surface area contributed by atoms with E-state index >= 15 is 0 Å². The van der Waals surface area contributed by atoms with Crippen molar-refractivity contribution >= 4 is 34.8 Å². The van der Waals surface area contributed by atoms with Gasteiger partial charge in [-0.1, -0.05) is 41.4 Å². The Morgan fingerprint density at radius 1 is 1.12 bits per heavy atom. The first-order valence-corrected chi connectivity index (χ1v) is 8.33. The van der Waals surface area contributed by atoms with E-state index in [-0.39, 0.29) is 11.8 Å². The zero-order valence-corrected chi connectivity index (χ0v) is 15.0. The lowest BCUT2D eigenvalue weighted by atomic mass is 9.89. The second-order valence-electron chi connectivity index (χ2n) is 5.59. The third-order valence-electron chi connectivity index (χ3n) is 3.73. The van der Waals surface area contributed by atoms with Crippen molar-refractivity contribution in [2.75, 3.05) is 18.9 Å². The molecular weight excluding hydrogens is 347 g/mol. The second-order valence-corrected chi connectivity index (χ2v) is 6.40. The van der Waals surface area contributed by atoms with E-state index < -0.39 is 6.10 Å². The summed E-state index contributed by atoms with van der Waals surface area (Å²) in [4.78, 5) is 11.2. The van der Waals surface area contributed by atoms with Gasteiger partial charge in [-0.3, -0.25) is 4.79 Å². The van der Waals surface area contributed by atoms with Gasteiger partial charge in [-0.2, -0.15) is 0 Å². The van der Waals surface area contributed by atoms with Gasteiger partial charge in [0.2, 0.25) is 5.91 Å². The molecule has 3 N–H and O–H groups in total. The monoisotopic (exact) mass is 366 g/mol. The molecule has 0 aliphatic carbocycles. The maximum absolute atomic E-state index is 11.2. The van der Waals surface area contributed by atoms with Crippen LogP contribution in [0.15, 0.2) is 42.5 Å². The molecule has 1 amide bonds. The minimum atomic E-state index is -0.761. The van der Waals surface area contributed by atoms with Crippen molar-refractivity contribution in [1.29, 1.82) is 0 Å². The van der Waals surface area contributed by atoms with E-state index in [1.165, 1.54) is 6.92 Å². The number of halogens is 2. The van der Waals surface area contributed by atoms with Gasteiger partial charge in [-0.15, -0.1) is 0 Å². The lowest BCUT2D eigenvalue weighted by Gasteiger charge is -2.24. The van der Waals surface area contributed by atoms with Crippen LogP contribution in [0.5, 0.6) is 0 Å². The molecule has 6 heteroatoms. The van der Waals surface area contributed by atoms with Crippen molar-refractivity contribution in [2.45, 2.75) is 18.9 Å². The van der Waals surface area contributed by atoms with Gasteiger partial charge in [0.1, 0.15) is 0 Å². The number of carbonyl (C=O) groups excluding carboxylic acids is 1. The average molecular weight is 367 g/mol. The maximum atomic E-state index is 11.2. The third kappa shape index (κ3) is 4.71. The Kier molecular flexibility index (Phi) is 6.63. The van der Waals surface area contributed by atoms with Crippen LogP contribution in [0.4, 0.5) is 5.69 Å². The van der Waals surface area contributed by atoms with Crippen LogP contribution in [0, 0.1) is 0 Å². The Labute approximate surface area is 151 Å². The van der Waals surface area contributed by atoms with E-state index in [9.17, 15) is 9.90 Å². The summed E-state index contributed by atoms with van der Waals surface area (Å²) < 4.78 is 0. The highest BCUT2D eigenvalue weighted by molar-refractivity contribution is 6.42. The number of hydrogen-bond donors (Lipinski definition) is 3. The van der Waals surface area contributed by atoms with Crippen LogP contribution in [0.25, 0.3) is 0 Å². The SMILES string of the molecule is CNC[C@H](c1ccc(Cl)c(Cl)c1)[C@@H](O)c1cccc(NC(C)=O)c1. The van der Waals surface area contributed by atoms with Crippen LogP contribution in [0.3, 0.4) is 0 Å². The number of aliphatic hydroxyl groups is 1. The molecule has 2 aromatic carbocycles. The highest BCUT2D eigenvalue weighted by Gasteiger charge is 2.23. The van der Waals surface area contributed by atoms with Gasteiger partial charge < -0.3 is 15.7 Å². The van der Waals surface area contributed by atoms with Crippen molar-refractivity contribution < 1.29 is 9.90 Å². The first-order valence-electron chi connectivity index (χ1n) is 7.57. The average Bonchev–Trinajstić information content (AvgIpc) is 2.54. The lowest BCUT2D eigenvalue weighted by molar-refractivity contribution is -0.114. The molecule has 0 aliphatic heterocycles. The highest BCUT2D eigenvalue weighted by atomic mass is 35.5. The number of likely N-dealkylation sites (N-methyl/N-ethyl adjacent to an activating group) is 1. The molecule has 2 rings (SSSR count). The first kappa shape index (κ1) is 18.7. The Balaban J connectivity index is 2.33. The number of aliphatic hydroxyl groups excluding tert-OH is 1. The first-order chi connectivity index (χ1) is 11.4. The molecule has 2 aromatic rings. The van der Waals surface area contributed by atoms with E-state index in [0.717, 1.165) is 5.56 Å². The Bertz CT molecular complexity index is 722. The van der Waals surface area contributed by atoms with Crippen LogP contribution < -0.4 is 10.6 Å². The number of amides is 1. The molecule has 0 aromatic heterocycles. The number of nitrogens with one attached hydrogen (secondary N) is 2. The normalized spacial score (nSPS) is 13.4. The number of rotatable bonds is 6. The Morgan fingerprint density at radius 2 is 1.88 bits per heavy atom. The number of benzene rings is 2. The molecule has 24 heavy (non-hydrogen) atoms. The predicted octanol–water partition coefficient (Wildman–Crippen LogP) is 3.99. The van der Waals surface area contributed by atoms with Crippen LogP contribution >= 0.6 is 23.2 Å². The van der Waals surface area contributed by atoms with Gasteiger partial charge in [0.25, 0.3) is 0 Å². The van der Waals surface area contributed by atoms with Crippen LogP contribution in [-0.2, 0) is 4.79 Å². The summed E-state index contributed by atoms with van der Waals surface area (Å²) in [6.07, 6.45) is -0.761. The zero-order chi connectivity index (χ0) is 17.7. The summed E-state index contributed by atoms with van der Waals surface area (Å²) in [6, 6.07) is 12.5. The Morgan fingerprint density at radius 3 is 2.50 bits per heavy atom. The molecule has 0 radical (unpaired) electrons. The van der Waals surface area contributed by atoms with Gasteiger partial charge in [0.15, 0.2) is 0 Å². The van der Waals surface area contributed by atoms with Crippen molar-refractivity contribution in [1.82, 2.24) is 5.32 Å². The smallest absolute Gasteiger partial charge is 0.221 e. The topological polar surface area (TPSA) is 61.4 Å². The zero-order valence-electron chi connectivity index (χ0n) is 13.5. The van der Waals surface area contributed by atoms with Gasteiger partial charge in [0, 0.05) is 25.1 Å². The predicted molar refractivity (Wildman–Crippen MR) is 98.8 cm³/mol. The quantitative estimate of drug-likeness (QED) is 0.724. The van der Waals surface area contributed by atoms with Crippen molar-refractivity contribution in [3.63, 3.8) is 0 Å². The molecule has 0 bridgehead atoms. The van der Waals surface area contributed by atoms with E-state index in [1.54, 1.807) is 30.3 Å². The molecule has 0 saturated heterocycles. The third-order valence-corrected chi connectivity index (χ3v) is 4.46. The summed E-state index contributed by atoms with van der Waals surface area (Å²) in [7, 11) is 1.82. The van der Waals surface area contributed by atoms with Crippen LogP contribution in [0.1, 0.15) is 30.1 Å². The standard InChI is InChI=1S/C18H20Cl2N2O2/c1-11(23)22-14-5-3-4-13(8-14)18(24)15(10-21-2)12-6-7-16(19)17(20)9-12/h3-9,15,18,21,24H,10H2,1-2H3,(H,22,23)/t15-,18+/m1/s1. The molecule has 0 heterocycles. The maximum Gasteiger partial charge on any atom is 0.221 e. The summed E-state index contributed by atoms with van der Waals surface area (Å²) in [5, 5.41) is 17.6. The Hall–Kier alpha value is -1.59. The molecule has 0 saturated carbocycles. The van der Waals surface area contributed by atoms with Gasteiger partial charge in [-0.25, -0.2) is 0 Å². The van der Waals surface area contributed by atoms with Crippen molar-refractivity contribution in [2.24, 2.45) is 0 Å².